The number of hydrogen-bond donors (Lipinski definition) is 1. The van der Waals surface area contributed by atoms with E-state index in [0.717, 1.165) is 18.4 Å². The lowest BCUT2D eigenvalue weighted by Gasteiger charge is -2.44. The Morgan fingerprint density at radius 1 is 1.19 bits per heavy atom. The molecule has 1 N–H and O–H groups in total. The Labute approximate surface area is 134 Å². The zero-order valence-corrected chi connectivity index (χ0v) is 15.4. The van der Waals surface area contributed by atoms with Crippen LogP contribution in [0.5, 0.6) is 0 Å². The molecule has 2 unspecified atom stereocenters. The fourth-order valence-corrected chi connectivity index (χ4v) is 4.13. The van der Waals surface area contributed by atoms with E-state index in [9.17, 15) is 0 Å². The molecule has 0 aromatic rings. The van der Waals surface area contributed by atoms with E-state index in [0.29, 0.717) is 5.41 Å². The smallest absolute Gasteiger partial charge is 0.00502 e. The van der Waals surface area contributed by atoms with Crippen LogP contribution in [0.3, 0.4) is 0 Å². The quantitative estimate of drug-likeness (QED) is 0.636. The summed E-state index contributed by atoms with van der Waals surface area (Å²) < 4.78 is 0. The van der Waals surface area contributed by atoms with Crippen LogP contribution in [0.1, 0.15) is 73.1 Å². The highest BCUT2D eigenvalue weighted by atomic mass is 15.1. The molecule has 1 aliphatic carbocycles. The van der Waals surface area contributed by atoms with Crippen LogP contribution in [0, 0.1) is 17.3 Å². The van der Waals surface area contributed by atoms with Crippen LogP contribution in [0.25, 0.3) is 0 Å². The SMILES string of the molecule is CCCN(CCC)CC1(CNCC(C)C)CCCC(C)C1. The van der Waals surface area contributed by atoms with Crippen molar-refractivity contribution in [3.8, 4) is 0 Å². The molecule has 0 amide bonds. The largest absolute Gasteiger partial charge is 0.316 e. The number of rotatable bonds is 10. The van der Waals surface area contributed by atoms with Gasteiger partial charge in [0.2, 0.25) is 0 Å². The Kier molecular flexibility index (Phi) is 8.89. The van der Waals surface area contributed by atoms with Crippen LogP contribution in [0.15, 0.2) is 0 Å². The van der Waals surface area contributed by atoms with Crippen molar-refractivity contribution in [2.45, 2.75) is 73.1 Å². The normalized spacial score (nSPS) is 26.7. The van der Waals surface area contributed by atoms with Crippen molar-refractivity contribution in [1.29, 1.82) is 0 Å². The molecule has 0 aliphatic heterocycles. The van der Waals surface area contributed by atoms with Gasteiger partial charge in [-0.15, -0.1) is 0 Å². The van der Waals surface area contributed by atoms with Crippen LogP contribution in [-0.4, -0.2) is 37.6 Å². The van der Waals surface area contributed by atoms with Gasteiger partial charge in [-0.1, -0.05) is 47.5 Å². The summed E-state index contributed by atoms with van der Waals surface area (Å²) in [4.78, 5) is 2.73. The van der Waals surface area contributed by atoms with Gasteiger partial charge in [-0.25, -0.2) is 0 Å². The zero-order chi connectivity index (χ0) is 15.7. The first-order chi connectivity index (χ1) is 10.0. The summed E-state index contributed by atoms with van der Waals surface area (Å²) in [5.74, 6) is 1.66. The Hall–Kier alpha value is -0.0800. The lowest BCUT2D eigenvalue weighted by Crippen LogP contribution is -2.47. The maximum absolute atomic E-state index is 3.78. The van der Waals surface area contributed by atoms with E-state index in [4.69, 9.17) is 0 Å². The van der Waals surface area contributed by atoms with Gasteiger partial charge in [0.1, 0.15) is 0 Å². The van der Waals surface area contributed by atoms with Crippen molar-refractivity contribution in [3.05, 3.63) is 0 Å². The molecule has 0 heterocycles. The highest BCUT2D eigenvalue weighted by molar-refractivity contribution is 4.90. The number of nitrogens with zero attached hydrogens (tertiary/aromatic N) is 1. The predicted octanol–water partition coefficient (Wildman–Crippen LogP) is 4.55. The Balaban J connectivity index is 2.65. The fourth-order valence-electron chi connectivity index (χ4n) is 4.13. The molecule has 126 valence electrons. The Bertz CT molecular complexity index is 258. The molecule has 0 aromatic carbocycles. The van der Waals surface area contributed by atoms with E-state index in [1.54, 1.807) is 0 Å². The monoisotopic (exact) mass is 296 g/mol. The molecule has 1 rings (SSSR count). The van der Waals surface area contributed by atoms with E-state index in [1.807, 2.05) is 0 Å². The third kappa shape index (κ3) is 7.15. The van der Waals surface area contributed by atoms with Gasteiger partial charge in [0, 0.05) is 13.1 Å². The van der Waals surface area contributed by atoms with E-state index < -0.39 is 0 Å². The van der Waals surface area contributed by atoms with Gasteiger partial charge < -0.3 is 10.2 Å². The second-order valence-corrected chi connectivity index (χ2v) is 8.00. The standard InChI is InChI=1S/C19H40N2/c1-6-11-21(12-7-2)16-19(15-20-14-17(3)4)10-8-9-18(5)13-19/h17-18,20H,6-16H2,1-5H3. The van der Waals surface area contributed by atoms with Gasteiger partial charge in [-0.3, -0.25) is 0 Å². The summed E-state index contributed by atoms with van der Waals surface area (Å²) >= 11 is 0. The first kappa shape index (κ1) is 19.0. The lowest BCUT2D eigenvalue weighted by atomic mass is 9.69. The topological polar surface area (TPSA) is 15.3 Å². The molecule has 0 bridgehead atoms. The van der Waals surface area contributed by atoms with Crippen molar-refractivity contribution >= 4 is 0 Å². The Morgan fingerprint density at radius 2 is 1.86 bits per heavy atom. The van der Waals surface area contributed by atoms with Crippen molar-refractivity contribution in [1.82, 2.24) is 10.2 Å². The van der Waals surface area contributed by atoms with Crippen molar-refractivity contribution in [2.75, 3.05) is 32.7 Å². The van der Waals surface area contributed by atoms with Crippen molar-refractivity contribution < 1.29 is 0 Å². The minimum absolute atomic E-state index is 0.525. The minimum atomic E-state index is 0.525. The summed E-state index contributed by atoms with van der Waals surface area (Å²) in [5.41, 5.74) is 0.525. The maximum atomic E-state index is 3.78. The van der Waals surface area contributed by atoms with E-state index in [1.165, 1.54) is 64.7 Å². The molecule has 1 fully saturated rings. The molecular formula is C19H40N2. The van der Waals surface area contributed by atoms with E-state index in [-0.39, 0.29) is 0 Å². The summed E-state index contributed by atoms with van der Waals surface area (Å²) in [6.07, 6.45) is 8.27. The molecule has 2 nitrogen and oxygen atoms in total. The van der Waals surface area contributed by atoms with Gasteiger partial charge in [0.25, 0.3) is 0 Å². The average molecular weight is 297 g/mol. The molecular weight excluding hydrogens is 256 g/mol. The van der Waals surface area contributed by atoms with Crippen LogP contribution in [-0.2, 0) is 0 Å². The summed E-state index contributed by atoms with van der Waals surface area (Å²) in [6.45, 7) is 17.9. The van der Waals surface area contributed by atoms with Crippen LogP contribution in [0.2, 0.25) is 0 Å². The third-order valence-corrected chi connectivity index (χ3v) is 4.88. The molecule has 0 radical (unpaired) electrons. The minimum Gasteiger partial charge on any atom is -0.316 e. The van der Waals surface area contributed by atoms with Crippen molar-refractivity contribution in [3.63, 3.8) is 0 Å². The highest BCUT2D eigenvalue weighted by Gasteiger charge is 2.35. The molecule has 0 aromatic heterocycles. The third-order valence-electron chi connectivity index (χ3n) is 4.88. The molecule has 0 spiro atoms. The van der Waals surface area contributed by atoms with Gasteiger partial charge in [-0.2, -0.15) is 0 Å². The van der Waals surface area contributed by atoms with E-state index >= 15 is 0 Å². The maximum Gasteiger partial charge on any atom is 0.00502 e. The Morgan fingerprint density at radius 3 is 2.38 bits per heavy atom. The second-order valence-electron chi connectivity index (χ2n) is 8.00. The highest BCUT2D eigenvalue weighted by Crippen LogP contribution is 2.39. The van der Waals surface area contributed by atoms with Crippen LogP contribution in [0.4, 0.5) is 0 Å². The van der Waals surface area contributed by atoms with E-state index in [2.05, 4.69) is 44.8 Å². The fraction of sp³-hybridized carbons (Fsp3) is 1.00. The predicted molar refractivity (Wildman–Crippen MR) is 94.8 cm³/mol. The molecule has 2 atom stereocenters. The van der Waals surface area contributed by atoms with Crippen LogP contribution < -0.4 is 5.32 Å². The number of nitrogens with one attached hydrogen (secondary N) is 1. The van der Waals surface area contributed by atoms with Gasteiger partial charge in [0.15, 0.2) is 0 Å². The average Bonchev–Trinajstić information content (AvgIpc) is 2.38. The summed E-state index contributed by atoms with van der Waals surface area (Å²) in [7, 11) is 0. The summed E-state index contributed by atoms with van der Waals surface area (Å²) in [5, 5.41) is 3.78. The van der Waals surface area contributed by atoms with Gasteiger partial charge in [0.05, 0.1) is 0 Å². The molecule has 0 saturated heterocycles. The molecule has 1 saturated carbocycles. The zero-order valence-electron chi connectivity index (χ0n) is 15.4. The number of hydrogen-bond acceptors (Lipinski definition) is 2. The molecule has 1 aliphatic rings. The van der Waals surface area contributed by atoms with Crippen molar-refractivity contribution in [2.24, 2.45) is 17.3 Å². The molecule has 21 heavy (non-hydrogen) atoms. The van der Waals surface area contributed by atoms with Crippen LogP contribution >= 0.6 is 0 Å². The van der Waals surface area contributed by atoms with Gasteiger partial charge in [-0.05, 0) is 62.6 Å². The summed E-state index contributed by atoms with van der Waals surface area (Å²) in [6, 6.07) is 0. The molecule has 2 heteroatoms. The van der Waals surface area contributed by atoms with Gasteiger partial charge >= 0.3 is 0 Å². The first-order valence-corrected chi connectivity index (χ1v) is 9.44. The lowest BCUT2D eigenvalue weighted by molar-refractivity contribution is 0.0791. The first-order valence-electron chi connectivity index (χ1n) is 9.44. The second kappa shape index (κ2) is 9.84.